The second-order valence-corrected chi connectivity index (χ2v) is 5.69. The number of carbonyl (C=O) groups is 1. The summed E-state index contributed by atoms with van der Waals surface area (Å²) in [6, 6.07) is 0. The molecular weight excluding hydrogens is 244 g/mol. The van der Waals surface area contributed by atoms with Crippen LogP contribution in [-0.2, 0) is 9.53 Å². The van der Waals surface area contributed by atoms with E-state index in [2.05, 4.69) is 16.4 Å². The number of esters is 1. The van der Waals surface area contributed by atoms with E-state index in [0.29, 0.717) is 25.3 Å². The summed E-state index contributed by atoms with van der Waals surface area (Å²) in [6.07, 6.45) is 0. The van der Waals surface area contributed by atoms with Gasteiger partial charge in [0.15, 0.2) is 0 Å². The van der Waals surface area contributed by atoms with E-state index in [4.69, 9.17) is 4.74 Å². The van der Waals surface area contributed by atoms with Gasteiger partial charge in [0.1, 0.15) is 0 Å². The Morgan fingerprint density at radius 2 is 1.79 bits per heavy atom. The molecule has 0 aromatic heterocycles. The van der Waals surface area contributed by atoms with E-state index in [0.717, 1.165) is 26.2 Å². The largest absolute Gasteiger partial charge is 0.463 e. The number of rotatable bonds is 6. The first-order valence-electron chi connectivity index (χ1n) is 6.84. The number of β-amino-alcohol motifs (C(OH)–C–C–N with tert-alkyl or cyclic N) is 1. The van der Waals surface area contributed by atoms with Gasteiger partial charge in [0.25, 0.3) is 0 Å². The molecule has 1 saturated heterocycles. The quantitative estimate of drug-likeness (QED) is 0.562. The second kappa shape index (κ2) is 7.03. The molecule has 5 nitrogen and oxygen atoms in total. The molecule has 0 amide bonds. The standard InChI is InChI=1S/C14H26N2O3/c1-5-19-13(17)12(2)10-15-6-8-16(9-7-15)11-14(3,4)18/h18H,2,5-11H2,1,3-4H3. The summed E-state index contributed by atoms with van der Waals surface area (Å²) in [6.45, 7) is 14.4. The molecule has 0 saturated carbocycles. The molecule has 19 heavy (non-hydrogen) atoms. The fraction of sp³-hybridized carbons (Fsp3) is 0.786. The summed E-state index contributed by atoms with van der Waals surface area (Å²) in [5.41, 5.74) is -0.144. The highest BCUT2D eigenvalue weighted by atomic mass is 16.5. The maximum atomic E-state index is 11.5. The van der Waals surface area contributed by atoms with Crippen LogP contribution in [0.25, 0.3) is 0 Å². The van der Waals surface area contributed by atoms with Gasteiger partial charge in [0.2, 0.25) is 0 Å². The number of nitrogens with zero attached hydrogens (tertiary/aromatic N) is 2. The number of carbonyl (C=O) groups excluding carboxylic acids is 1. The van der Waals surface area contributed by atoms with E-state index in [-0.39, 0.29) is 5.97 Å². The van der Waals surface area contributed by atoms with Gasteiger partial charge in [-0.3, -0.25) is 9.80 Å². The highest BCUT2D eigenvalue weighted by Gasteiger charge is 2.23. The Balaban J connectivity index is 2.30. The van der Waals surface area contributed by atoms with Crippen LogP contribution in [0.3, 0.4) is 0 Å². The zero-order chi connectivity index (χ0) is 14.5. The monoisotopic (exact) mass is 270 g/mol. The summed E-state index contributed by atoms with van der Waals surface area (Å²) in [7, 11) is 0. The Morgan fingerprint density at radius 1 is 1.26 bits per heavy atom. The lowest BCUT2D eigenvalue weighted by Gasteiger charge is -2.37. The molecule has 1 heterocycles. The Hall–Kier alpha value is -0.910. The van der Waals surface area contributed by atoms with Crippen molar-refractivity contribution in [3.63, 3.8) is 0 Å². The van der Waals surface area contributed by atoms with Crippen LogP contribution in [0, 0.1) is 0 Å². The van der Waals surface area contributed by atoms with E-state index in [9.17, 15) is 9.90 Å². The summed E-state index contributed by atoms with van der Waals surface area (Å²) in [4.78, 5) is 15.9. The van der Waals surface area contributed by atoms with Gasteiger partial charge in [-0.25, -0.2) is 4.79 Å². The molecule has 1 N–H and O–H groups in total. The first-order valence-corrected chi connectivity index (χ1v) is 6.84. The molecule has 0 aromatic rings. The molecule has 0 radical (unpaired) electrons. The number of ether oxygens (including phenoxy) is 1. The van der Waals surface area contributed by atoms with Crippen molar-refractivity contribution in [2.75, 3.05) is 45.9 Å². The van der Waals surface area contributed by atoms with Crippen molar-refractivity contribution in [3.8, 4) is 0 Å². The van der Waals surface area contributed by atoms with Gasteiger partial charge in [0, 0.05) is 44.8 Å². The molecule has 0 aliphatic carbocycles. The molecule has 0 spiro atoms. The fourth-order valence-electron chi connectivity index (χ4n) is 2.22. The number of piperazine rings is 1. The predicted molar refractivity (Wildman–Crippen MR) is 75.0 cm³/mol. The van der Waals surface area contributed by atoms with Gasteiger partial charge in [-0.15, -0.1) is 0 Å². The molecule has 0 unspecified atom stereocenters. The average molecular weight is 270 g/mol. The molecule has 1 rings (SSSR count). The van der Waals surface area contributed by atoms with Gasteiger partial charge >= 0.3 is 5.97 Å². The van der Waals surface area contributed by atoms with E-state index in [1.54, 1.807) is 6.92 Å². The van der Waals surface area contributed by atoms with Crippen molar-refractivity contribution in [1.82, 2.24) is 9.80 Å². The zero-order valence-corrected chi connectivity index (χ0v) is 12.3. The lowest BCUT2D eigenvalue weighted by molar-refractivity contribution is -0.138. The molecule has 110 valence electrons. The average Bonchev–Trinajstić information content (AvgIpc) is 2.30. The highest BCUT2D eigenvalue weighted by Crippen LogP contribution is 2.10. The maximum absolute atomic E-state index is 11.5. The summed E-state index contributed by atoms with van der Waals surface area (Å²) < 4.78 is 4.92. The van der Waals surface area contributed by atoms with Crippen molar-refractivity contribution in [3.05, 3.63) is 12.2 Å². The molecule has 1 aliphatic heterocycles. The molecule has 0 aromatic carbocycles. The highest BCUT2D eigenvalue weighted by molar-refractivity contribution is 5.88. The molecule has 1 aliphatic rings. The number of aliphatic hydroxyl groups is 1. The minimum atomic E-state index is -0.656. The third kappa shape index (κ3) is 6.18. The third-order valence-electron chi connectivity index (χ3n) is 3.05. The van der Waals surface area contributed by atoms with Crippen LogP contribution in [0.5, 0.6) is 0 Å². The Bertz CT molecular complexity index is 315. The number of hydrogen-bond donors (Lipinski definition) is 1. The summed E-state index contributed by atoms with van der Waals surface area (Å²) >= 11 is 0. The molecule has 5 heteroatoms. The zero-order valence-electron chi connectivity index (χ0n) is 12.3. The van der Waals surface area contributed by atoms with Crippen LogP contribution >= 0.6 is 0 Å². The van der Waals surface area contributed by atoms with Gasteiger partial charge < -0.3 is 9.84 Å². The van der Waals surface area contributed by atoms with Crippen molar-refractivity contribution in [2.24, 2.45) is 0 Å². The normalized spacial score (nSPS) is 18.3. The van der Waals surface area contributed by atoms with Crippen molar-refractivity contribution < 1.29 is 14.6 Å². The predicted octanol–water partition coefficient (Wildman–Crippen LogP) is 0.494. The lowest BCUT2D eigenvalue weighted by Crippen LogP contribution is -2.50. The first kappa shape index (κ1) is 16.1. The minimum Gasteiger partial charge on any atom is -0.463 e. The van der Waals surface area contributed by atoms with Gasteiger partial charge in [-0.1, -0.05) is 6.58 Å². The Kier molecular flexibility index (Phi) is 5.97. The van der Waals surface area contributed by atoms with Crippen LogP contribution in [0.1, 0.15) is 20.8 Å². The maximum Gasteiger partial charge on any atom is 0.334 e. The minimum absolute atomic E-state index is 0.304. The fourth-order valence-corrected chi connectivity index (χ4v) is 2.22. The summed E-state index contributed by atoms with van der Waals surface area (Å²) in [5, 5.41) is 9.78. The van der Waals surface area contributed by atoms with Crippen LogP contribution in [0.15, 0.2) is 12.2 Å². The van der Waals surface area contributed by atoms with E-state index < -0.39 is 5.60 Å². The van der Waals surface area contributed by atoms with Crippen LogP contribution < -0.4 is 0 Å². The van der Waals surface area contributed by atoms with Gasteiger partial charge in [-0.05, 0) is 20.8 Å². The van der Waals surface area contributed by atoms with Crippen molar-refractivity contribution >= 4 is 5.97 Å². The third-order valence-corrected chi connectivity index (χ3v) is 3.05. The van der Waals surface area contributed by atoms with E-state index >= 15 is 0 Å². The molecule has 0 bridgehead atoms. The van der Waals surface area contributed by atoms with Crippen LogP contribution in [0.4, 0.5) is 0 Å². The Labute approximate surface area is 115 Å². The summed E-state index contributed by atoms with van der Waals surface area (Å²) in [5.74, 6) is -0.304. The van der Waals surface area contributed by atoms with E-state index in [1.807, 2.05) is 13.8 Å². The molecule has 1 fully saturated rings. The second-order valence-electron chi connectivity index (χ2n) is 5.69. The first-order chi connectivity index (χ1) is 8.81. The van der Waals surface area contributed by atoms with E-state index in [1.165, 1.54) is 0 Å². The molecule has 0 atom stereocenters. The van der Waals surface area contributed by atoms with Gasteiger partial charge in [-0.2, -0.15) is 0 Å². The smallest absolute Gasteiger partial charge is 0.334 e. The van der Waals surface area contributed by atoms with Crippen LogP contribution in [0.2, 0.25) is 0 Å². The van der Waals surface area contributed by atoms with Crippen LogP contribution in [-0.4, -0.2) is 72.4 Å². The topological polar surface area (TPSA) is 53.0 Å². The lowest BCUT2D eigenvalue weighted by atomic mass is 10.1. The van der Waals surface area contributed by atoms with Crippen molar-refractivity contribution in [2.45, 2.75) is 26.4 Å². The number of hydrogen-bond acceptors (Lipinski definition) is 5. The van der Waals surface area contributed by atoms with Crippen molar-refractivity contribution in [1.29, 1.82) is 0 Å². The molecular formula is C14H26N2O3. The Morgan fingerprint density at radius 3 is 2.26 bits per heavy atom. The van der Waals surface area contributed by atoms with Gasteiger partial charge in [0.05, 0.1) is 12.2 Å². The SMILES string of the molecule is C=C(CN1CCN(CC(C)(C)O)CC1)C(=O)OCC.